The molecule has 0 radical (unpaired) electrons. The molecular formula is C15H22O4. The number of esters is 2. The molecule has 4 heteroatoms. The van der Waals surface area contributed by atoms with Crippen LogP contribution in [-0.4, -0.2) is 23.1 Å². The predicted molar refractivity (Wildman–Crippen MR) is 68.3 cm³/mol. The maximum absolute atomic E-state index is 11.4. The first kappa shape index (κ1) is 12.9. The lowest BCUT2D eigenvalue weighted by atomic mass is 9.65. The van der Waals surface area contributed by atoms with Gasteiger partial charge in [0.15, 0.2) is 0 Å². The van der Waals surface area contributed by atoms with Gasteiger partial charge in [-0.1, -0.05) is 0 Å². The fourth-order valence-electron chi connectivity index (χ4n) is 4.96. The van der Waals surface area contributed by atoms with Crippen LogP contribution < -0.4 is 0 Å². The summed E-state index contributed by atoms with van der Waals surface area (Å²) in [6.45, 7) is 2.99. The average Bonchev–Trinajstić information content (AvgIpc) is 2.38. The van der Waals surface area contributed by atoms with Crippen LogP contribution >= 0.6 is 0 Å². The average molecular weight is 266 g/mol. The Morgan fingerprint density at radius 2 is 1.21 bits per heavy atom. The van der Waals surface area contributed by atoms with E-state index in [1.165, 1.54) is 20.3 Å². The fourth-order valence-corrected chi connectivity index (χ4v) is 4.96. The number of rotatable bonds is 2. The van der Waals surface area contributed by atoms with Gasteiger partial charge >= 0.3 is 11.9 Å². The molecule has 0 aromatic rings. The molecule has 0 amide bonds. The van der Waals surface area contributed by atoms with Crippen molar-refractivity contribution in [1.82, 2.24) is 0 Å². The third-order valence-corrected chi connectivity index (χ3v) is 5.07. The Bertz CT molecular complexity index is 364. The minimum atomic E-state index is -0.280. The lowest BCUT2D eigenvalue weighted by Crippen LogP contribution is -2.46. The van der Waals surface area contributed by atoms with Crippen molar-refractivity contribution in [2.24, 2.45) is 11.8 Å². The standard InChI is InChI=1S/C15H22O4/c1-10(16)18-14-3-4-15(19-11(2)17)8-12(6-14)5-13(7-14)9-15/h12-13H,3-9H2,1-2H3. The second-order valence-corrected chi connectivity index (χ2v) is 6.84. The molecule has 0 atom stereocenters. The molecule has 0 heterocycles. The molecule has 0 aliphatic heterocycles. The Morgan fingerprint density at radius 3 is 1.53 bits per heavy atom. The van der Waals surface area contributed by atoms with E-state index in [1.807, 2.05) is 0 Å². The molecule has 0 N–H and O–H groups in total. The molecule has 106 valence electrons. The summed E-state index contributed by atoms with van der Waals surface area (Å²) in [5, 5.41) is 0. The van der Waals surface area contributed by atoms with Gasteiger partial charge < -0.3 is 9.47 Å². The van der Waals surface area contributed by atoms with Gasteiger partial charge in [-0.15, -0.1) is 0 Å². The van der Waals surface area contributed by atoms with Crippen molar-refractivity contribution in [2.75, 3.05) is 0 Å². The Labute approximate surface area is 113 Å². The van der Waals surface area contributed by atoms with Gasteiger partial charge in [0, 0.05) is 13.8 Å². The van der Waals surface area contributed by atoms with Gasteiger partial charge in [-0.3, -0.25) is 9.59 Å². The molecule has 0 aromatic carbocycles. The van der Waals surface area contributed by atoms with E-state index in [0.29, 0.717) is 11.8 Å². The van der Waals surface area contributed by atoms with Crippen LogP contribution in [0.25, 0.3) is 0 Å². The van der Waals surface area contributed by atoms with Crippen LogP contribution in [-0.2, 0) is 19.1 Å². The van der Waals surface area contributed by atoms with Crippen molar-refractivity contribution < 1.29 is 19.1 Å². The van der Waals surface area contributed by atoms with E-state index in [1.54, 1.807) is 0 Å². The highest BCUT2D eigenvalue weighted by Crippen LogP contribution is 2.57. The van der Waals surface area contributed by atoms with Gasteiger partial charge in [0.1, 0.15) is 11.2 Å². The zero-order valence-corrected chi connectivity index (χ0v) is 11.7. The summed E-state index contributed by atoms with van der Waals surface area (Å²) in [5.41, 5.74) is -0.560. The SMILES string of the molecule is CC(=O)OC12CCC3(OC(C)=O)CC(CC(C1)C3)C2. The van der Waals surface area contributed by atoms with Crippen LogP contribution in [0.5, 0.6) is 0 Å². The summed E-state index contributed by atoms with van der Waals surface area (Å²) in [6, 6.07) is 0. The molecular weight excluding hydrogens is 244 g/mol. The first-order valence-electron chi connectivity index (χ1n) is 7.30. The first-order valence-corrected chi connectivity index (χ1v) is 7.30. The minimum Gasteiger partial charge on any atom is -0.459 e. The van der Waals surface area contributed by atoms with E-state index >= 15 is 0 Å². The largest absolute Gasteiger partial charge is 0.459 e. The van der Waals surface area contributed by atoms with Crippen molar-refractivity contribution in [1.29, 1.82) is 0 Å². The van der Waals surface area contributed by atoms with Crippen molar-refractivity contribution in [3.8, 4) is 0 Å². The molecule has 4 bridgehead atoms. The molecule has 4 saturated carbocycles. The van der Waals surface area contributed by atoms with Gasteiger partial charge in [0.05, 0.1) is 0 Å². The normalized spacial score (nSPS) is 43.7. The maximum atomic E-state index is 11.4. The van der Waals surface area contributed by atoms with Crippen molar-refractivity contribution in [3.05, 3.63) is 0 Å². The monoisotopic (exact) mass is 266 g/mol. The van der Waals surface area contributed by atoms with Gasteiger partial charge in [-0.25, -0.2) is 0 Å². The smallest absolute Gasteiger partial charge is 0.303 e. The number of fused-ring (bicyclic) bond motifs is 1. The Balaban J connectivity index is 1.87. The zero-order chi connectivity index (χ0) is 13.7. The Kier molecular flexibility index (Phi) is 2.88. The van der Waals surface area contributed by atoms with E-state index in [-0.39, 0.29) is 23.1 Å². The van der Waals surface area contributed by atoms with Crippen LogP contribution in [0.2, 0.25) is 0 Å². The van der Waals surface area contributed by atoms with Crippen molar-refractivity contribution in [3.63, 3.8) is 0 Å². The topological polar surface area (TPSA) is 52.6 Å². The number of hydrogen-bond donors (Lipinski definition) is 0. The zero-order valence-electron chi connectivity index (χ0n) is 11.7. The summed E-state index contributed by atoms with van der Waals surface area (Å²) in [4.78, 5) is 22.8. The van der Waals surface area contributed by atoms with Gasteiger partial charge in [-0.2, -0.15) is 0 Å². The summed E-state index contributed by atoms with van der Waals surface area (Å²) >= 11 is 0. The van der Waals surface area contributed by atoms with E-state index in [2.05, 4.69) is 0 Å². The summed E-state index contributed by atoms with van der Waals surface area (Å²) < 4.78 is 11.4. The molecule has 4 nitrogen and oxygen atoms in total. The number of hydrogen-bond acceptors (Lipinski definition) is 4. The van der Waals surface area contributed by atoms with E-state index in [9.17, 15) is 9.59 Å². The molecule has 19 heavy (non-hydrogen) atoms. The molecule has 4 fully saturated rings. The van der Waals surface area contributed by atoms with Gasteiger partial charge in [-0.05, 0) is 56.8 Å². The molecule has 4 rings (SSSR count). The number of carbonyl (C=O) groups excluding carboxylic acids is 2. The van der Waals surface area contributed by atoms with E-state index < -0.39 is 0 Å². The molecule has 0 aromatic heterocycles. The highest BCUT2D eigenvalue weighted by atomic mass is 16.6. The molecule has 0 saturated heterocycles. The summed E-state index contributed by atoms with van der Waals surface area (Å²) in [6.07, 6.45) is 6.68. The highest BCUT2D eigenvalue weighted by molar-refractivity contribution is 5.67. The fraction of sp³-hybridized carbons (Fsp3) is 0.867. The highest BCUT2D eigenvalue weighted by Gasteiger charge is 2.56. The summed E-state index contributed by atoms with van der Waals surface area (Å²) in [7, 11) is 0. The third-order valence-electron chi connectivity index (χ3n) is 5.07. The van der Waals surface area contributed by atoms with Crippen molar-refractivity contribution >= 4 is 11.9 Å². The van der Waals surface area contributed by atoms with E-state index in [4.69, 9.17) is 9.47 Å². The lowest BCUT2D eigenvalue weighted by Gasteiger charge is -2.47. The third kappa shape index (κ3) is 2.37. The van der Waals surface area contributed by atoms with Gasteiger partial charge in [0.2, 0.25) is 0 Å². The minimum absolute atomic E-state index is 0.179. The van der Waals surface area contributed by atoms with Crippen LogP contribution in [0.15, 0.2) is 0 Å². The van der Waals surface area contributed by atoms with E-state index in [0.717, 1.165) is 38.5 Å². The van der Waals surface area contributed by atoms with Crippen LogP contribution in [0.4, 0.5) is 0 Å². The molecule has 4 aliphatic carbocycles. The predicted octanol–water partition coefficient (Wildman–Crippen LogP) is 2.59. The molecule has 0 unspecified atom stereocenters. The van der Waals surface area contributed by atoms with Crippen molar-refractivity contribution in [2.45, 2.75) is 70.0 Å². The van der Waals surface area contributed by atoms with Gasteiger partial charge in [0.25, 0.3) is 0 Å². The molecule has 4 aliphatic rings. The maximum Gasteiger partial charge on any atom is 0.303 e. The second-order valence-electron chi connectivity index (χ2n) is 6.84. The quantitative estimate of drug-likeness (QED) is 0.721. The first-order chi connectivity index (χ1) is 8.90. The van der Waals surface area contributed by atoms with Crippen LogP contribution in [0.3, 0.4) is 0 Å². The van der Waals surface area contributed by atoms with Crippen LogP contribution in [0, 0.1) is 11.8 Å². The van der Waals surface area contributed by atoms with Crippen LogP contribution in [0.1, 0.15) is 58.8 Å². The molecule has 0 spiro atoms. The summed E-state index contributed by atoms with van der Waals surface area (Å²) in [5.74, 6) is 0.713. The number of carbonyl (C=O) groups is 2. The second kappa shape index (κ2) is 4.22. The Hall–Kier alpha value is -1.06. The number of ether oxygens (including phenoxy) is 2. The lowest BCUT2D eigenvalue weighted by molar-refractivity contribution is -0.169. The Morgan fingerprint density at radius 1 is 0.842 bits per heavy atom.